The third-order valence-corrected chi connectivity index (χ3v) is 4.86. The number of rotatable bonds is 4. The van der Waals surface area contributed by atoms with E-state index in [2.05, 4.69) is 26.0 Å². The van der Waals surface area contributed by atoms with Crippen LogP contribution in [-0.2, 0) is 0 Å². The Morgan fingerprint density at radius 1 is 0.931 bits per heavy atom. The Bertz CT molecular complexity index is 909. The van der Waals surface area contributed by atoms with E-state index in [1.165, 1.54) is 12.1 Å². The molecule has 1 fully saturated rings. The molecule has 9 heteroatoms. The van der Waals surface area contributed by atoms with E-state index in [1.54, 1.807) is 12.1 Å². The van der Waals surface area contributed by atoms with Crippen molar-refractivity contribution in [2.24, 2.45) is 0 Å². The van der Waals surface area contributed by atoms with Gasteiger partial charge in [-0.15, -0.1) is 38.0 Å². The van der Waals surface area contributed by atoms with Gasteiger partial charge in [0.1, 0.15) is 5.75 Å². The van der Waals surface area contributed by atoms with Gasteiger partial charge in [-0.05, 0) is 29.3 Å². The highest BCUT2D eigenvalue weighted by Crippen LogP contribution is 2.35. The number of hydrogen-bond acceptors (Lipinski definition) is 3. The van der Waals surface area contributed by atoms with E-state index in [0.717, 1.165) is 48.2 Å². The van der Waals surface area contributed by atoms with E-state index in [4.69, 9.17) is 0 Å². The van der Waals surface area contributed by atoms with Crippen LogP contribution in [0.15, 0.2) is 54.7 Å². The molecule has 0 amide bonds. The molecule has 0 bridgehead atoms. The second-order valence-corrected chi connectivity index (χ2v) is 6.59. The lowest BCUT2D eigenvalue weighted by atomic mass is 9.96. The summed E-state index contributed by atoms with van der Waals surface area (Å²) in [6, 6.07) is 14.2. The Morgan fingerprint density at radius 3 is 2.24 bits per heavy atom. The predicted molar refractivity (Wildman–Crippen MR) is 112 cm³/mol. The summed E-state index contributed by atoms with van der Waals surface area (Å²) in [7, 11) is 0. The molecule has 1 saturated heterocycles. The van der Waals surface area contributed by atoms with Crippen LogP contribution in [0.3, 0.4) is 0 Å². The molecule has 0 unspecified atom stereocenters. The molecular weight excluding hydrogens is 426 g/mol. The van der Waals surface area contributed by atoms with Gasteiger partial charge in [-0.25, -0.2) is 0 Å². The van der Waals surface area contributed by atoms with Gasteiger partial charge in [0, 0.05) is 43.3 Å². The molecular formula is C20H22Cl2F3N3O. The lowest BCUT2D eigenvalue weighted by molar-refractivity contribution is -0.274. The Morgan fingerprint density at radius 2 is 1.59 bits per heavy atom. The smallest absolute Gasteiger partial charge is 0.406 e. The molecule has 0 radical (unpaired) electrons. The highest BCUT2D eigenvalue weighted by molar-refractivity contribution is 5.86. The number of benzene rings is 2. The van der Waals surface area contributed by atoms with Crippen molar-refractivity contribution in [1.82, 2.24) is 15.2 Å². The maximum atomic E-state index is 12.4. The van der Waals surface area contributed by atoms with E-state index in [1.807, 2.05) is 24.4 Å². The van der Waals surface area contributed by atoms with E-state index in [0.29, 0.717) is 0 Å². The summed E-state index contributed by atoms with van der Waals surface area (Å²) >= 11 is 0. The summed E-state index contributed by atoms with van der Waals surface area (Å²) in [6.45, 7) is 3.50. The standard InChI is InChI=1S/C20H20F3N3O.2ClH/c21-20(22,23)27-15-7-5-14(6-8-15)19(26-11-9-24-10-12-26)17-13-25-18-4-2-1-3-16(17)18;;/h1-8,13,19,24-25H,9-12H2;2*1H/t19-;;/m0../s1. The molecule has 1 aliphatic heterocycles. The van der Waals surface area contributed by atoms with Gasteiger partial charge < -0.3 is 15.0 Å². The minimum Gasteiger partial charge on any atom is -0.406 e. The number of fused-ring (bicyclic) bond motifs is 1. The number of nitrogens with zero attached hydrogens (tertiary/aromatic N) is 1. The number of halogens is 5. The van der Waals surface area contributed by atoms with Crippen molar-refractivity contribution in [3.63, 3.8) is 0 Å². The molecule has 2 heterocycles. The molecule has 4 rings (SSSR count). The zero-order chi connectivity index (χ0) is 18.9. The average Bonchev–Trinajstić information content (AvgIpc) is 3.07. The number of nitrogens with one attached hydrogen (secondary N) is 2. The van der Waals surface area contributed by atoms with Crippen LogP contribution in [0.25, 0.3) is 10.9 Å². The summed E-state index contributed by atoms with van der Waals surface area (Å²) in [5.74, 6) is -0.204. The summed E-state index contributed by atoms with van der Waals surface area (Å²) < 4.78 is 41.4. The minimum atomic E-state index is -4.68. The predicted octanol–water partition coefficient (Wildman–Crippen LogP) is 4.90. The first-order chi connectivity index (χ1) is 13.0. The maximum Gasteiger partial charge on any atom is 0.573 e. The van der Waals surface area contributed by atoms with Crippen molar-refractivity contribution in [1.29, 1.82) is 0 Å². The van der Waals surface area contributed by atoms with Gasteiger partial charge in [-0.2, -0.15) is 0 Å². The Hall–Kier alpha value is -1.93. The molecule has 158 valence electrons. The second kappa shape index (κ2) is 9.71. The van der Waals surface area contributed by atoms with E-state index < -0.39 is 6.36 Å². The molecule has 3 aromatic rings. The number of ether oxygens (including phenoxy) is 1. The molecule has 29 heavy (non-hydrogen) atoms. The normalized spacial score (nSPS) is 16.0. The van der Waals surface area contributed by atoms with E-state index >= 15 is 0 Å². The SMILES string of the molecule is Cl.Cl.FC(F)(F)Oc1ccc([C@@H](c2c[nH]c3ccccc23)N2CCNCC2)cc1. The van der Waals surface area contributed by atoms with Gasteiger partial charge in [-0.1, -0.05) is 30.3 Å². The van der Waals surface area contributed by atoms with Gasteiger partial charge in [0.15, 0.2) is 0 Å². The topological polar surface area (TPSA) is 40.3 Å². The largest absolute Gasteiger partial charge is 0.573 e. The van der Waals surface area contributed by atoms with Crippen LogP contribution in [0.2, 0.25) is 0 Å². The highest BCUT2D eigenvalue weighted by atomic mass is 35.5. The highest BCUT2D eigenvalue weighted by Gasteiger charge is 2.31. The van der Waals surface area contributed by atoms with Crippen molar-refractivity contribution in [2.75, 3.05) is 26.2 Å². The van der Waals surface area contributed by atoms with Crippen molar-refractivity contribution in [3.8, 4) is 5.75 Å². The van der Waals surface area contributed by atoms with Crippen LogP contribution < -0.4 is 10.1 Å². The Kier molecular flexibility index (Phi) is 7.82. The number of para-hydroxylation sites is 1. The number of piperazine rings is 1. The van der Waals surface area contributed by atoms with Crippen LogP contribution in [0, 0.1) is 0 Å². The molecule has 1 aromatic heterocycles. The fraction of sp³-hybridized carbons (Fsp3) is 0.300. The molecule has 1 atom stereocenters. The third kappa shape index (κ3) is 5.36. The molecule has 1 aliphatic rings. The summed E-state index contributed by atoms with van der Waals surface area (Å²) in [4.78, 5) is 5.66. The first-order valence-corrected chi connectivity index (χ1v) is 8.88. The zero-order valence-electron chi connectivity index (χ0n) is 15.4. The monoisotopic (exact) mass is 447 g/mol. The zero-order valence-corrected chi connectivity index (χ0v) is 17.0. The second-order valence-electron chi connectivity index (χ2n) is 6.59. The van der Waals surface area contributed by atoms with Gasteiger partial charge in [0.2, 0.25) is 0 Å². The third-order valence-electron chi connectivity index (χ3n) is 4.86. The number of aromatic nitrogens is 1. The Balaban J connectivity index is 0.00000150. The van der Waals surface area contributed by atoms with Gasteiger partial charge in [0.25, 0.3) is 0 Å². The molecule has 2 N–H and O–H groups in total. The minimum absolute atomic E-state index is 0. The summed E-state index contributed by atoms with van der Waals surface area (Å²) in [6.07, 6.45) is -2.69. The summed E-state index contributed by atoms with van der Waals surface area (Å²) in [5.41, 5.74) is 3.11. The van der Waals surface area contributed by atoms with Crippen LogP contribution >= 0.6 is 24.8 Å². The number of alkyl halides is 3. The quantitative estimate of drug-likeness (QED) is 0.597. The van der Waals surface area contributed by atoms with Gasteiger partial charge >= 0.3 is 6.36 Å². The number of hydrogen-bond donors (Lipinski definition) is 2. The van der Waals surface area contributed by atoms with Gasteiger partial charge in [-0.3, -0.25) is 4.90 Å². The number of aromatic amines is 1. The van der Waals surface area contributed by atoms with Crippen LogP contribution in [-0.4, -0.2) is 42.4 Å². The van der Waals surface area contributed by atoms with Crippen molar-refractivity contribution >= 4 is 35.7 Å². The fourth-order valence-electron chi connectivity index (χ4n) is 3.70. The molecule has 0 spiro atoms. The van der Waals surface area contributed by atoms with E-state index in [9.17, 15) is 13.2 Å². The lowest BCUT2D eigenvalue weighted by Gasteiger charge is -2.35. The van der Waals surface area contributed by atoms with E-state index in [-0.39, 0.29) is 36.6 Å². The first kappa shape index (κ1) is 23.3. The van der Waals surface area contributed by atoms with Crippen LogP contribution in [0.1, 0.15) is 17.2 Å². The molecule has 0 saturated carbocycles. The molecule has 2 aromatic carbocycles. The summed E-state index contributed by atoms with van der Waals surface area (Å²) in [5, 5.41) is 4.47. The van der Waals surface area contributed by atoms with Crippen molar-refractivity contribution in [2.45, 2.75) is 12.4 Å². The van der Waals surface area contributed by atoms with Crippen molar-refractivity contribution in [3.05, 3.63) is 65.9 Å². The Labute approximate surface area is 179 Å². The van der Waals surface area contributed by atoms with Crippen LogP contribution in [0.5, 0.6) is 5.75 Å². The first-order valence-electron chi connectivity index (χ1n) is 8.88. The van der Waals surface area contributed by atoms with Gasteiger partial charge in [0.05, 0.1) is 6.04 Å². The maximum absolute atomic E-state index is 12.4. The number of H-pyrrole nitrogens is 1. The van der Waals surface area contributed by atoms with Crippen molar-refractivity contribution < 1.29 is 17.9 Å². The van der Waals surface area contributed by atoms with Crippen LogP contribution in [0.4, 0.5) is 13.2 Å². The molecule has 4 nitrogen and oxygen atoms in total. The fourth-order valence-corrected chi connectivity index (χ4v) is 3.70. The molecule has 0 aliphatic carbocycles. The average molecular weight is 448 g/mol. The lowest BCUT2D eigenvalue weighted by Crippen LogP contribution is -2.45.